The highest BCUT2D eigenvalue weighted by molar-refractivity contribution is 5.07. The molecule has 1 saturated heterocycles. The highest BCUT2D eigenvalue weighted by Crippen LogP contribution is 2.37. The summed E-state index contributed by atoms with van der Waals surface area (Å²) in [4.78, 5) is 4.19. The molecule has 3 rings (SSSR count). The van der Waals surface area contributed by atoms with Gasteiger partial charge >= 0.3 is 0 Å². The van der Waals surface area contributed by atoms with Gasteiger partial charge in [0.05, 0.1) is 0 Å². The van der Waals surface area contributed by atoms with Crippen LogP contribution in [-0.4, -0.2) is 23.2 Å². The molecule has 2 fully saturated rings. The number of nitrogens with one attached hydrogen (secondary N) is 1. The van der Waals surface area contributed by atoms with Crippen LogP contribution >= 0.6 is 0 Å². The number of hydrogen-bond donors (Lipinski definition) is 1. The minimum Gasteiger partial charge on any atom is -0.336 e. The van der Waals surface area contributed by atoms with E-state index in [9.17, 15) is 4.39 Å². The third-order valence-electron chi connectivity index (χ3n) is 3.40. The molecule has 0 aromatic carbocycles. The Hall–Kier alpha value is -0.970. The van der Waals surface area contributed by atoms with Gasteiger partial charge in [0.15, 0.2) is 5.82 Å². The molecule has 0 spiro atoms. The second-order valence-corrected chi connectivity index (χ2v) is 4.48. The molecule has 1 saturated carbocycles. The first-order valence-electron chi connectivity index (χ1n) is 5.52. The average Bonchev–Trinajstić information content (AvgIpc) is 2.71. The Bertz CT molecular complexity index is 355. The zero-order valence-corrected chi connectivity index (χ0v) is 8.50. The maximum Gasteiger partial charge on any atom is 0.265 e. The second-order valence-electron chi connectivity index (χ2n) is 4.48. The summed E-state index contributed by atoms with van der Waals surface area (Å²) in [5.74, 6) is 1.26. The van der Waals surface area contributed by atoms with Crippen molar-refractivity contribution in [1.29, 1.82) is 0 Å². The topological polar surface area (TPSA) is 51.0 Å². The summed E-state index contributed by atoms with van der Waals surface area (Å²) in [5.41, 5.74) is -1.44. The number of nitrogens with zero attached hydrogens (tertiary/aromatic N) is 2. The van der Waals surface area contributed by atoms with E-state index in [4.69, 9.17) is 4.52 Å². The first kappa shape index (κ1) is 9.27. The Morgan fingerprint density at radius 1 is 1.47 bits per heavy atom. The van der Waals surface area contributed by atoms with E-state index in [0.29, 0.717) is 31.3 Å². The largest absolute Gasteiger partial charge is 0.336 e. The van der Waals surface area contributed by atoms with E-state index in [1.165, 1.54) is 6.42 Å². The highest BCUT2D eigenvalue weighted by Gasteiger charge is 2.42. The molecular weight excluding hydrogens is 197 g/mol. The molecule has 1 aromatic rings. The molecule has 0 radical (unpaired) electrons. The summed E-state index contributed by atoms with van der Waals surface area (Å²) < 4.78 is 19.2. The standard InChI is InChI=1S/C10H14FN3O/c11-10(4-5-12-6-10)9-13-8(14-15-9)7-2-1-3-7/h7,12H,1-6H2. The van der Waals surface area contributed by atoms with E-state index in [1.807, 2.05) is 0 Å². The van der Waals surface area contributed by atoms with Crippen LogP contribution in [0.2, 0.25) is 0 Å². The molecule has 0 amide bonds. The second kappa shape index (κ2) is 3.27. The Balaban J connectivity index is 1.82. The van der Waals surface area contributed by atoms with E-state index in [0.717, 1.165) is 12.8 Å². The van der Waals surface area contributed by atoms with Crippen LogP contribution < -0.4 is 5.32 Å². The van der Waals surface area contributed by atoms with Gasteiger partial charge in [0.1, 0.15) is 0 Å². The minimum atomic E-state index is -1.44. The smallest absolute Gasteiger partial charge is 0.265 e. The van der Waals surface area contributed by atoms with Crippen LogP contribution in [0.15, 0.2) is 4.52 Å². The quantitative estimate of drug-likeness (QED) is 0.805. The maximum absolute atomic E-state index is 14.2. The summed E-state index contributed by atoms with van der Waals surface area (Å²) in [6, 6.07) is 0. The molecule has 82 valence electrons. The zero-order chi connectivity index (χ0) is 10.3. The van der Waals surface area contributed by atoms with E-state index in [1.54, 1.807) is 0 Å². The first-order valence-corrected chi connectivity index (χ1v) is 5.52. The summed E-state index contributed by atoms with van der Waals surface area (Å²) in [5, 5.41) is 6.85. The Labute approximate surface area is 87.2 Å². The lowest BCUT2D eigenvalue weighted by atomic mass is 9.85. The fourth-order valence-electron chi connectivity index (χ4n) is 2.09. The number of rotatable bonds is 2. The van der Waals surface area contributed by atoms with Crippen LogP contribution in [-0.2, 0) is 5.67 Å². The average molecular weight is 211 g/mol. The molecule has 1 atom stereocenters. The molecule has 15 heavy (non-hydrogen) atoms. The monoisotopic (exact) mass is 211 g/mol. The lowest BCUT2D eigenvalue weighted by Gasteiger charge is -2.21. The first-order chi connectivity index (χ1) is 7.28. The molecule has 1 N–H and O–H groups in total. The third-order valence-corrected chi connectivity index (χ3v) is 3.40. The predicted octanol–water partition coefficient (Wildman–Crippen LogP) is 1.50. The molecule has 0 bridgehead atoms. The number of hydrogen-bond acceptors (Lipinski definition) is 4. The van der Waals surface area contributed by atoms with Gasteiger partial charge in [-0.05, 0) is 19.4 Å². The lowest BCUT2D eigenvalue weighted by molar-refractivity contribution is 0.133. The van der Waals surface area contributed by atoms with Gasteiger partial charge in [-0.3, -0.25) is 0 Å². The Morgan fingerprint density at radius 2 is 2.33 bits per heavy atom. The number of alkyl halides is 1. The summed E-state index contributed by atoms with van der Waals surface area (Å²) in [6.07, 6.45) is 3.86. The fraction of sp³-hybridized carbons (Fsp3) is 0.800. The molecule has 4 nitrogen and oxygen atoms in total. The SMILES string of the molecule is FC1(c2nc(C3CCC3)no2)CCNC1. The third kappa shape index (κ3) is 1.45. The van der Waals surface area contributed by atoms with Gasteiger partial charge in [0, 0.05) is 18.9 Å². The lowest BCUT2D eigenvalue weighted by Crippen LogP contribution is -2.24. The normalized spacial score (nSPS) is 31.8. The maximum atomic E-state index is 14.2. The van der Waals surface area contributed by atoms with Gasteiger partial charge in [0.25, 0.3) is 5.89 Å². The van der Waals surface area contributed by atoms with Gasteiger partial charge in [-0.1, -0.05) is 11.6 Å². The van der Waals surface area contributed by atoms with Crippen molar-refractivity contribution >= 4 is 0 Å². The van der Waals surface area contributed by atoms with Crippen molar-refractivity contribution in [2.45, 2.75) is 37.3 Å². The molecule has 1 aliphatic carbocycles. The summed E-state index contributed by atoms with van der Waals surface area (Å²) in [6.45, 7) is 0.969. The van der Waals surface area contributed by atoms with E-state index in [-0.39, 0.29) is 5.89 Å². The number of aromatic nitrogens is 2. The van der Waals surface area contributed by atoms with Crippen molar-refractivity contribution in [3.05, 3.63) is 11.7 Å². The Morgan fingerprint density at radius 3 is 2.93 bits per heavy atom. The predicted molar refractivity (Wildman–Crippen MR) is 51.2 cm³/mol. The fourth-order valence-corrected chi connectivity index (χ4v) is 2.09. The van der Waals surface area contributed by atoms with E-state index in [2.05, 4.69) is 15.5 Å². The van der Waals surface area contributed by atoms with E-state index >= 15 is 0 Å². The Kier molecular flexibility index (Phi) is 2.02. The van der Waals surface area contributed by atoms with Crippen molar-refractivity contribution in [2.24, 2.45) is 0 Å². The van der Waals surface area contributed by atoms with Crippen molar-refractivity contribution in [1.82, 2.24) is 15.5 Å². The van der Waals surface area contributed by atoms with Crippen molar-refractivity contribution in [2.75, 3.05) is 13.1 Å². The molecule has 1 aromatic heterocycles. The van der Waals surface area contributed by atoms with Crippen molar-refractivity contribution < 1.29 is 8.91 Å². The minimum absolute atomic E-state index is 0.161. The highest BCUT2D eigenvalue weighted by atomic mass is 19.1. The molecule has 1 unspecified atom stereocenters. The van der Waals surface area contributed by atoms with Crippen LogP contribution in [0.4, 0.5) is 4.39 Å². The molecule has 1 aliphatic heterocycles. The van der Waals surface area contributed by atoms with Gasteiger partial charge in [-0.15, -0.1) is 0 Å². The molecule has 2 heterocycles. The molecular formula is C10H14FN3O. The van der Waals surface area contributed by atoms with Crippen LogP contribution in [0.3, 0.4) is 0 Å². The zero-order valence-electron chi connectivity index (χ0n) is 8.50. The van der Waals surface area contributed by atoms with Crippen molar-refractivity contribution in [3.8, 4) is 0 Å². The summed E-state index contributed by atoms with van der Waals surface area (Å²) in [7, 11) is 0. The van der Waals surface area contributed by atoms with Gasteiger partial charge in [0.2, 0.25) is 5.67 Å². The van der Waals surface area contributed by atoms with Crippen LogP contribution in [0.25, 0.3) is 0 Å². The van der Waals surface area contributed by atoms with Crippen molar-refractivity contribution in [3.63, 3.8) is 0 Å². The number of halogens is 1. The van der Waals surface area contributed by atoms with Gasteiger partial charge in [-0.2, -0.15) is 4.98 Å². The van der Waals surface area contributed by atoms with Crippen LogP contribution in [0.5, 0.6) is 0 Å². The van der Waals surface area contributed by atoms with Crippen LogP contribution in [0.1, 0.15) is 43.3 Å². The van der Waals surface area contributed by atoms with E-state index < -0.39 is 5.67 Å². The van der Waals surface area contributed by atoms with Gasteiger partial charge < -0.3 is 9.84 Å². The van der Waals surface area contributed by atoms with Gasteiger partial charge in [-0.25, -0.2) is 4.39 Å². The summed E-state index contributed by atoms with van der Waals surface area (Å²) >= 11 is 0. The molecule has 2 aliphatic rings. The van der Waals surface area contributed by atoms with Crippen LogP contribution in [0, 0.1) is 0 Å². The molecule has 5 heteroatoms.